The number of imide groups is 1. The van der Waals surface area contributed by atoms with Crippen LogP contribution in [0.2, 0.25) is 0 Å². The summed E-state index contributed by atoms with van der Waals surface area (Å²) in [5, 5.41) is 0. The Balaban J connectivity index is 1.52. The second-order valence-electron chi connectivity index (χ2n) is 9.63. The van der Waals surface area contributed by atoms with E-state index in [-0.39, 0.29) is 11.9 Å². The normalized spacial score (nSPS) is 20.9. The number of aryl methyl sites for hydroxylation is 2. The van der Waals surface area contributed by atoms with Crippen molar-refractivity contribution in [2.75, 3.05) is 33.2 Å². The number of imidazole rings is 1. The average Bonchev–Trinajstić information content (AvgIpc) is 3.27. The van der Waals surface area contributed by atoms with Gasteiger partial charge in [-0.05, 0) is 76.9 Å². The van der Waals surface area contributed by atoms with E-state index in [0.717, 1.165) is 36.7 Å². The lowest BCUT2D eigenvalue weighted by Crippen LogP contribution is -2.64. The van der Waals surface area contributed by atoms with Crippen LogP contribution in [-0.4, -0.2) is 70.3 Å². The monoisotopic (exact) mass is 449 g/mol. The average molecular weight is 450 g/mol. The van der Waals surface area contributed by atoms with E-state index in [2.05, 4.69) is 48.4 Å². The summed E-state index contributed by atoms with van der Waals surface area (Å²) < 4.78 is 4.10. The van der Waals surface area contributed by atoms with Crippen molar-refractivity contribution in [1.29, 1.82) is 0 Å². The van der Waals surface area contributed by atoms with Crippen molar-refractivity contribution in [2.24, 2.45) is 4.99 Å². The van der Waals surface area contributed by atoms with Crippen molar-refractivity contribution in [2.45, 2.75) is 53.0 Å². The molecule has 0 N–H and O–H groups in total. The summed E-state index contributed by atoms with van der Waals surface area (Å²) in [6, 6.07) is 5.51. The van der Waals surface area contributed by atoms with E-state index in [4.69, 9.17) is 4.99 Å². The number of amidine groups is 1. The van der Waals surface area contributed by atoms with Crippen molar-refractivity contribution in [3.8, 4) is 5.69 Å². The fourth-order valence-corrected chi connectivity index (χ4v) is 5.46. The largest absolute Gasteiger partial charge is 0.407 e. The van der Waals surface area contributed by atoms with Crippen LogP contribution in [0.15, 0.2) is 23.2 Å². The van der Waals surface area contributed by atoms with Gasteiger partial charge < -0.3 is 4.90 Å². The zero-order chi connectivity index (χ0) is 23.4. The molecule has 3 amide bonds. The lowest BCUT2D eigenvalue weighted by atomic mass is 10.1. The van der Waals surface area contributed by atoms with E-state index in [1.165, 1.54) is 35.3 Å². The number of hydrogen-bond acceptors (Lipinski definition) is 4. The first-order valence-electron chi connectivity index (χ1n) is 11.9. The minimum Gasteiger partial charge on any atom is -0.302 e. The molecule has 3 aliphatic heterocycles. The van der Waals surface area contributed by atoms with Crippen molar-refractivity contribution < 1.29 is 14.2 Å². The van der Waals surface area contributed by atoms with Gasteiger partial charge in [-0.3, -0.25) is 14.6 Å². The Kier molecular flexibility index (Phi) is 5.35. The van der Waals surface area contributed by atoms with Gasteiger partial charge in [-0.15, -0.1) is 0 Å². The van der Waals surface area contributed by atoms with Gasteiger partial charge in [0.1, 0.15) is 17.1 Å². The quantitative estimate of drug-likeness (QED) is 0.674. The summed E-state index contributed by atoms with van der Waals surface area (Å²) >= 11 is 0. The molecule has 5 rings (SSSR count). The van der Waals surface area contributed by atoms with Gasteiger partial charge in [0.15, 0.2) is 0 Å². The number of urea groups is 1. The molecular formula is C25H33N6O2+. The highest BCUT2D eigenvalue weighted by Crippen LogP contribution is 2.33. The van der Waals surface area contributed by atoms with Crippen LogP contribution in [0.1, 0.15) is 47.8 Å². The number of nitrogens with zero attached hydrogens (tertiary/aromatic N) is 6. The maximum atomic E-state index is 13.7. The summed E-state index contributed by atoms with van der Waals surface area (Å²) in [6.07, 6.45) is 3.63. The molecule has 0 radical (unpaired) electrons. The lowest BCUT2D eigenvalue weighted by molar-refractivity contribution is -0.682. The maximum Gasteiger partial charge on any atom is 0.407 e. The molecule has 2 saturated heterocycles. The summed E-state index contributed by atoms with van der Waals surface area (Å²) in [7, 11) is 1.73. The number of benzene rings is 1. The van der Waals surface area contributed by atoms with Gasteiger partial charge >= 0.3 is 12.0 Å². The number of likely N-dealkylation sites (tertiary alicyclic amines) is 1. The third-order valence-electron chi connectivity index (χ3n) is 7.27. The Hall–Kier alpha value is -3.00. The van der Waals surface area contributed by atoms with Crippen LogP contribution in [0.4, 0.5) is 10.7 Å². The Labute approximate surface area is 195 Å². The van der Waals surface area contributed by atoms with E-state index in [1.54, 1.807) is 11.9 Å². The first-order chi connectivity index (χ1) is 15.8. The van der Waals surface area contributed by atoms with Gasteiger partial charge in [-0.1, -0.05) is 17.5 Å². The molecule has 1 atom stereocenters. The number of carbonyl (C=O) groups is 2. The fourth-order valence-electron chi connectivity index (χ4n) is 5.46. The van der Waals surface area contributed by atoms with Crippen LogP contribution in [-0.2, 0) is 4.79 Å². The third-order valence-corrected chi connectivity index (χ3v) is 7.27. The number of aliphatic imine (C=N–C) groups is 1. The molecule has 8 heteroatoms. The summed E-state index contributed by atoms with van der Waals surface area (Å²) in [6.45, 7) is 11.5. The summed E-state index contributed by atoms with van der Waals surface area (Å²) in [5.41, 5.74) is 5.40. The van der Waals surface area contributed by atoms with Crippen LogP contribution in [0, 0.1) is 27.7 Å². The van der Waals surface area contributed by atoms with Crippen molar-refractivity contribution in [3.63, 3.8) is 0 Å². The molecule has 1 aromatic heterocycles. The Morgan fingerprint density at radius 3 is 2.30 bits per heavy atom. The smallest absolute Gasteiger partial charge is 0.302 e. The van der Waals surface area contributed by atoms with Crippen LogP contribution < -0.4 is 4.57 Å². The maximum absolute atomic E-state index is 13.7. The van der Waals surface area contributed by atoms with Crippen molar-refractivity contribution >= 4 is 23.7 Å². The number of amides is 3. The first-order valence-corrected chi connectivity index (χ1v) is 11.9. The molecule has 1 aromatic carbocycles. The Bertz CT molecular complexity index is 1150. The third kappa shape index (κ3) is 3.47. The number of hydrogen-bond donors (Lipinski definition) is 0. The highest BCUT2D eigenvalue weighted by molar-refractivity contribution is 6.19. The molecule has 1 unspecified atom stereocenters. The van der Waals surface area contributed by atoms with Gasteiger partial charge in [0.25, 0.3) is 5.91 Å². The zero-order valence-corrected chi connectivity index (χ0v) is 20.3. The number of carbonyl (C=O) groups excluding carboxylic acids is 2. The van der Waals surface area contributed by atoms with Crippen LogP contribution in [0.25, 0.3) is 5.69 Å². The van der Waals surface area contributed by atoms with Gasteiger partial charge in [0.2, 0.25) is 11.9 Å². The molecule has 2 aromatic rings. The van der Waals surface area contributed by atoms with E-state index >= 15 is 0 Å². The Morgan fingerprint density at radius 2 is 1.64 bits per heavy atom. The number of rotatable bonds is 4. The SMILES string of the molecule is Cc1cc(C)cc(-n2c(C)c(C)[n+]3c2N=C2C3C(=O)N(CCN3CCCCC3)C(=O)N2C)c1. The van der Waals surface area contributed by atoms with E-state index in [0.29, 0.717) is 18.3 Å². The topological polar surface area (TPSA) is 65.0 Å². The minimum absolute atomic E-state index is 0.182. The Morgan fingerprint density at radius 1 is 0.970 bits per heavy atom. The number of fused-ring (bicyclic) bond motifs is 3. The summed E-state index contributed by atoms with van der Waals surface area (Å²) in [4.78, 5) is 37.0. The van der Waals surface area contributed by atoms with Gasteiger partial charge in [-0.2, -0.15) is 4.57 Å². The van der Waals surface area contributed by atoms with Gasteiger partial charge in [-0.25, -0.2) is 9.36 Å². The zero-order valence-electron chi connectivity index (χ0n) is 20.3. The molecule has 4 heterocycles. The molecule has 0 spiro atoms. The molecule has 0 saturated carbocycles. The van der Waals surface area contributed by atoms with Crippen LogP contribution in [0.5, 0.6) is 0 Å². The van der Waals surface area contributed by atoms with Gasteiger partial charge in [0.05, 0.1) is 0 Å². The van der Waals surface area contributed by atoms with Crippen molar-refractivity contribution in [3.05, 3.63) is 40.7 Å². The van der Waals surface area contributed by atoms with Gasteiger partial charge in [0, 0.05) is 20.1 Å². The number of likely N-dealkylation sites (N-methyl/N-ethyl adjacent to an activating group) is 1. The highest BCUT2D eigenvalue weighted by Gasteiger charge is 2.54. The minimum atomic E-state index is -0.602. The van der Waals surface area contributed by atoms with E-state index in [9.17, 15) is 9.59 Å². The number of aromatic nitrogens is 2. The molecule has 3 aliphatic rings. The molecular weight excluding hydrogens is 416 g/mol. The predicted octanol–water partition coefficient (Wildman–Crippen LogP) is 2.96. The van der Waals surface area contributed by atoms with Crippen LogP contribution >= 0.6 is 0 Å². The molecule has 0 bridgehead atoms. The molecule has 0 aliphatic carbocycles. The van der Waals surface area contributed by atoms with E-state index < -0.39 is 6.04 Å². The fraction of sp³-hybridized carbons (Fsp3) is 0.520. The first kappa shape index (κ1) is 21.8. The standard InChI is InChI=1S/C25H33N6O2/c1-16-13-17(2)15-20(14-16)30-18(3)19(4)31-21-22(26-24(30)31)27(5)25(33)29(23(21)32)12-11-28-9-7-6-8-10-28/h13-15,21H,6-12H2,1-5H3/q+1. The van der Waals surface area contributed by atoms with Crippen LogP contribution in [0.3, 0.4) is 0 Å². The second-order valence-corrected chi connectivity index (χ2v) is 9.63. The molecule has 8 nitrogen and oxygen atoms in total. The highest BCUT2D eigenvalue weighted by atomic mass is 16.2. The number of piperidine rings is 1. The molecule has 2 fully saturated rings. The lowest BCUT2D eigenvalue weighted by Gasteiger charge is -2.35. The summed E-state index contributed by atoms with van der Waals surface area (Å²) in [5.74, 6) is 1.02. The molecule has 174 valence electrons. The predicted molar refractivity (Wildman–Crippen MR) is 126 cm³/mol. The molecule has 33 heavy (non-hydrogen) atoms. The second kappa shape index (κ2) is 8.09. The van der Waals surface area contributed by atoms with E-state index in [1.807, 2.05) is 11.5 Å². The van der Waals surface area contributed by atoms with Crippen molar-refractivity contribution in [1.82, 2.24) is 19.3 Å².